The first kappa shape index (κ1) is 12.1. The minimum atomic E-state index is 0.877. The van der Waals surface area contributed by atoms with Gasteiger partial charge in [0.25, 0.3) is 0 Å². The second-order valence-electron chi connectivity index (χ2n) is 4.73. The number of nitrogens with one attached hydrogen (secondary N) is 1. The Bertz CT molecular complexity index is 374. The van der Waals surface area contributed by atoms with Crippen molar-refractivity contribution in [2.45, 2.75) is 33.1 Å². The summed E-state index contributed by atoms with van der Waals surface area (Å²) in [6.45, 7) is 6.27. The second-order valence-corrected chi connectivity index (χ2v) is 4.73. The average molecular weight is 234 g/mol. The number of anilines is 2. The molecule has 0 aliphatic heterocycles. The zero-order valence-corrected chi connectivity index (χ0v) is 11.0. The lowest BCUT2D eigenvalue weighted by Gasteiger charge is -2.22. The van der Waals surface area contributed by atoms with E-state index in [1.165, 1.54) is 18.4 Å². The van der Waals surface area contributed by atoms with Crippen molar-refractivity contribution in [1.82, 2.24) is 9.97 Å². The summed E-state index contributed by atoms with van der Waals surface area (Å²) in [4.78, 5) is 11.1. The quantitative estimate of drug-likeness (QED) is 0.820. The van der Waals surface area contributed by atoms with E-state index in [1.807, 2.05) is 0 Å². The Morgan fingerprint density at radius 1 is 1.35 bits per heavy atom. The van der Waals surface area contributed by atoms with Gasteiger partial charge in [-0.25, -0.2) is 9.97 Å². The van der Waals surface area contributed by atoms with Crippen molar-refractivity contribution in [2.24, 2.45) is 5.92 Å². The third-order valence-electron chi connectivity index (χ3n) is 3.21. The van der Waals surface area contributed by atoms with E-state index in [-0.39, 0.29) is 0 Å². The molecule has 4 heteroatoms. The van der Waals surface area contributed by atoms with E-state index in [1.54, 1.807) is 6.33 Å². The molecule has 1 saturated carbocycles. The van der Waals surface area contributed by atoms with Crippen LogP contribution < -0.4 is 10.2 Å². The van der Waals surface area contributed by atoms with Crippen molar-refractivity contribution in [1.29, 1.82) is 0 Å². The third-order valence-corrected chi connectivity index (χ3v) is 3.21. The number of rotatable bonds is 6. The average Bonchev–Trinajstić information content (AvgIpc) is 3.13. The Morgan fingerprint density at radius 2 is 2.12 bits per heavy atom. The van der Waals surface area contributed by atoms with Crippen LogP contribution in [0, 0.1) is 5.92 Å². The summed E-state index contributed by atoms with van der Waals surface area (Å²) in [6, 6.07) is 0. The molecular weight excluding hydrogens is 212 g/mol. The molecule has 1 N–H and O–H groups in total. The first-order chi connectivity index (χ1) is 8.26. The van der Waals surface area contributed by atoms with E-state index in [4.69, 9.17) is 0 Å². The van der Waals surface area contributed by atoms with Crippen molar-refractivity contribution in [3.63, 3.8) is 0 Å². The molecule has 1 aliphatic rings. The van der Waals surface area contributed by atoms with Gasteiger partial charge < -0.3 is 10.2 Å². The smallest absolute Gasteiger partial charge is 0.137 e. The molecule has 0 aromatic carbocycles. The van der Waals surface area contributed by atoms with Gasteiger partial charge in [-0.3, -0.25) is 0 Å². The molecule has 4 nitrogen and oxygen atoms in total. The van der Waals surface area contributed by atoms with Crippen LogP contribution in [0.5, 0.6) is 0 Å². The molecule has 0 radical (unpaired) electrons. The van der Waals surface area contributed by atoms with Gasteiger partial charge in [0, 0.05) is 25.7 Å². The largest absolute Gasteiger partial charge is 0.370 e. The van der Waals surface area contributed by atoms with Crippen molar-refractivity contribution >= 4 is 11.6 Å². The summed E-state index contributed by atoms with van der Waals surface area (Å²) in [7, 11) is 2.13. The van der Waals surface area contributed by atoms with Crippen molar-refractivity contribution in [3.05, 3.63) is 11.9 Å². The summed E-state index contributed by atoms with van der Waals surface area (Å²) >= 11 is 0. The first-order valence-electron chi connectivity index (χ1n) is 6.55. The summed E-state index contributed by atoms with van der Waals surface area (Å²) < 4.78 is 0. The highest BCUT2D eigenvalue weighted by molar-refractivity contribution is 5.58. The zero-order chi connectivity index (χ0) is 12.3. The number of aromatic nitrogens is 2. The van der Waals surface area contributed by atoms with Crippen LogP contribution >= 0.6 is 0 Å². The highest BCUT2D eigenvalue weighted by Crippen LogP contribution is 2.32. The number of hydrogen-bond donors (Lipinski definition) is 1. The molecule has 0 saturated heterocycles. The van der Waals surface area contributed by atoms with Gasteiger partial charge in [-0.2, -0.15) is 0 Å². The maximum atomic E-state index is 4.45. The first-order valence-corrected chi connectivity index (χ1v) is 6.55. The monoisotopic (exact) mass is 234 g/mol. The zero-order valence-electron chi connectivity index (χ0n) is 11.0. The predicted octanol–water partition coefficient (Wildman–Crippen LogP) is 2.32. The van der Waals surface area contributed by atoms with Crippen molar-refractivity contribution in [3.8, 4) is 0 Å². The second kappa shape index (κ2) is 5.34. The fraction of sp³-hybridized carbons (Fsp3) is 0.692. The molecule has 2 rings (SSSR count). The molecule has 1 aliphatic carbocycles. The van der Waals surface area contributed by atoms with Crippen LogP contribution in [0.3, 0.4) is 0 Å². The van der Waals surface area contributed by atoms with E-state index >= 15 is 0 Å². The molecule has 0 spiro atoms. The molecule has 17 heavy (non-hydrogen) atoms. The van der Waals surface area contributed by atoms with Gasteiger partial charge in [0.15, 0.2) is 0 Å². The Morgan fingerprint density at radius 3 is 2.71 bits per heavy atom. The lowest BCUT2D eigenvalue weighted by Crippen LogP contribution is -2.23. The molecule has 0 unspecified atom stereocenters. The van der Waals surface area contributed by atoms with E-state index in [9.17, 15) is 0 Å². The van der Waals surface area contributed by atoms with E-state index < -0.39 is 0 Å². The van der Waals surface area contributed by atoms with E-state index in [2.05, 4.69) is 41.1 Å². The standard InChI is InChI=1S/C13H22N4/c1-4-11-12(14-5-2)15-9-16-13(11)17(3)8-10-6-7-10/h9-10H,4-8H2,1-3H3,(H,14,15,16). The molecule has 1 aromatic rings. The Hall–Kier alpha value is -1.32. The molecule has 1 heterocycles. The number of hydrogen-bond acceptors (Lipinski definition) is 4. The summed E-state index contributed by atoms with van der Waals surface area (Å²) in [5, 5.41) is 3.31. The van der Waals surface area contributed by atoms with Crippen LogP contribution in [0.4, 0.5) is 11.6 Å². The van der Waals surface area contributed by atoms with Crippen LogP contribution in [0.15, 0.2) is 6.33 Å². The lowest BCUT2D eigenvalue weighted by atomic mass is 10.2. The highest BCUT2D eigenvalue weighted by Gasteiger charge is 2.24. The normalized spacial score (nSPS) is 14.8. The van der Waals surface area contributed by atoms with Gasteiger partial charge in [-0.05, 0) is 32.1 Å². The Balaban J connectivity index is 2.21. The Labute approximate surface area is 103 Å². The highest BCUT2D eigenvalue weighted by atomic mass is 15.2. The fourth-order valence-electron chi connectivity index (χ4n) is 2.15. The van der Waals surface area contributed by atoms with E-state index in [0.717, 1.165) is 37.1 Å². The summed E-state index contributed by atoms with van der Waals surface area (Å²) in [6.07, 6.45) is 5.37. The van der Waals surface area contributed by atoms with Crippen molar-refractivity contribution < 1.29 is 0 Å². The summed E-state index contributed by atoms with van der Waals surface area (Å²) in [5.41, 5.74) is 1.23. The Kier molecular flexibility index (Phi) is 3.82. The fourth-order valence-corrected chi connectivity index (χ4v) is 2.15. The molecule has 0 amide bonds. The minimum absolute atomic E-state index is 0.877. The summed E-state index contributed by atoms with van der Waals surface area (Å²) in [5.74, 6) is 2.95. The van der Waals surface area contributed by atoms with Crippen LogP contribution in [0.25, 0.3) is 0 Å². The van der Waals surface area contributed by atoms with E-state index in [0.29, 0.717) is 0 Å². The van der Waals surface area contributed by atoms with Crippen LogP contribution in [0.2, 0.25) is 0 Å². The lowest BCUT2D eigenvalue weighted by molar-refractivity contribution is 0.769. The van der Waals surface area contributed by atoms with Gasteiger partial charge in [0.2, 0.25) is 0 Å². The minimum Gasteiger partial charge on any atom is -0.370 e. The van der Waals surface area contributed by atoms with Gasteiger partial charge in [0.05, 0.1) is 0 Å². The number of nitrogens with zero attached hydrogens (tertiary/aromatic N) is 3. The van der Waals surface area contributed by atoms with Gasteiger partial charge in [-0.1, -0.05) is 6.92 Å². The van der Waals surface area contributed by atoms with Crippen LogP contribution in [-0.2, 0) is 6.42 Å². The van der Waals surface area contributed by atoms with Crippen LogP contribution in [0.1, 0.15) is 32.3 Å². The molecule has 0 bridgehead atoms. The maximum absolute atomic E-state index is 4.45. The molecule has 1 aromatic heterocycles. The molecule has 94 valence electrons. The van der Waals surface area contributed by atoms with Gasteiger partial charge >= 0.3 is 0 Å². The molecular formula is C13H22N4. The topological polar surface area (TPSA) is 41.1 Å². The van der Waals surface area contributed by atoms with Crippen LogP contribution in [-0.4, -0.2) is 30.1 Å². The maximum Gasteiger partial charge on any atom is 0.137 e. The van der Waals surface area contributed by atoms with Gasteiger partial charge in [0.1, 0.15) is 18.0 Å². The van der Waals surface area contributed by atoms with Crippen molar-refractivity contribution in [2.75, 3.05) is 30.4 Å². The third kappa shape index (κ3) is 2.87. The molecule has 1 fully saturated rings. The SMILES string of the molecule is CCNc1ncnc(N(C)CC2CC2)c1CC. The van der Waals surface area contributed by atoms with Gasteiger partial charge in [-0.15, -0.1) is 0 Å². The molecule has 0 atom stereocenters. The predicted molar refractivity (Wildman–Crippen MR) is 71.6 cm³/mol.